The Labute approximate surface area is 137 Å². The van der Waals surface area contributed by atoms with Crippen molar-refractivity contribution in [3.8, 4) is 0 Å². The van der Waals surface area contributed by atoms with Gasteiger partial charge >= 0.3 is 6.03 Å². The van der Waals surface area contributed by atoms with E-state index in [0.717, 1.165) is 24.3 Å². The number of anilines is 1. The Bertz CT molecular complexity index is 537. The number of halogens is 1. The minimum absolute atomic E-state index is 0.0443. The van der Waals surface area contributed by atoms with Gasteiger partial charge in [-0.15, -0.1) is 0 Å². The zero-order chi connectivity index (χ0) is 15.7. The molecule has 22 heavy (non-hydrogen) atoms. The highest BCUT2D eigenvalue weighted by Gasteiger charge is 2.37. The monoisotopic (exact) mass is 321 g/mol. The lowest BCUT2D eigenvalue weighted by atomic mass is 9.98. The van der Waals surface area contributed by atoms with E-state index in [4.69, 9.17) is 11.6 Å². The SMILES string of the molecule is Cc1cccc(Cl)c1NC(=O)N1CC(N2CCCC[C@@H]2C)C1. The summed E-state index contributed by atoms with van der Waals surface area (Å²) in [4.78, 5) is 16.8. The number of nitrogens with zero attached hydrogens (tertiary/aromatic N) is 2. The number of carbonyl (C=O) groups excluding carboxylic acids is 1. The largest absolute Gasteiger partial charge is 0.322 e. The molecule has 2 saturated heterocycles. The molecule has 2 fully saturated rings. The van der Waals surface area contributed by atoms with Crippen LogP contribution in [0.3, 0.4) is 0 Å². The van der Waals surface area contributed by atoms with Crippen LogP contribution in [0.2, 0.25) is 5.02 Å². The fourth-order valence-corrected chi connectivity index (χ4v) is 3.74. The van der Waals surface area contributed by atoms with Gasteiger partial charge in [-0.05, 0) is 44.9 Å². The molecular formula is C17H24ClN3O. The maximum atomic E-state index is 12.3. The number of aryl methyl sites for hydroxylation is 1. The zero-order valence-corrected chi connectivity index (χ0v) is 14.1. The van der Waals surface area contributed by atoms with Crippen molar-refractivity contribution in [3.05, 3.63) is 28.8 Å². The fraction of sp³-hybridized carbons (Fsp3) is 0.588. The van der Waals surface area contributed by atoms with Crippen LogP contribution >= 0.6 is 11.6 Å². The van der Waals surface area contributed by atoms with E-state index in [9.17, 15) is 4.79 Å². The lowest BCUT2D eigenvalue weighted by Gasteiger charge is -2.49. The number of piperidine rings is 1. The Hall–Kier alpha value is -1.26. The number of benzene rings is 1. The van der Waals surface area contributed by atoms with E-state index >= 15 is 0 Å². The summed E-state index contributed by atoms with van der Waals surface area (Å²) in [7, 11) is 0. The van der Waals surface area contributed by atoms with E-state index < -0.39 is 0 Å². The summed E-state index contributed by atoms with van der Waals surface area (Å²) in [6.07, 6.45) is 3.90. The lowest BCUT2D eigenvalue weighted by molar-refractivity contribution is 0.0199. The molecule has 2 heterocycles. The van der Waals surface area contributed by atoms with E-state index in [1.54, 1.807) is 6.07 Å². The second kappa shape index (κ2) is 6.47. The fourth-order valence-electron chi connectivity index (χ4n) is 3.47. The maximum Gasteiger partial charge on any atom is 0.322 e. The van der Waals surface area contributed by atoms with E-state index in [1.807, 2.05) is 24.0 Å². The highest BCUT2D eigenvalue weighted by atomic mass is 35.5. The summed E-state index contributed by atoms with van der Waals surface area (Å²) < 4.78 is 0. The third kappa shape index (κ3) is 3.08. The van der Waals surface area contributed by atoms with Crippen molar-refractivity contribution in [2.45, 2.75) is 45.2 Å². The van der Waals surface area contributed by atoms with Gasteiger partial charge in [-0.2, -0.15) is 0 Å². The summed E-state index contributed by atoms with van der Waals surface area (Å²) >= 11 is 6.17. The standard InChI is InChI=1S/C17H24ClN3O/c1-12-6-5-8-15(18)16(12)19-17(22)20-10-14(11-20)21-9-4-3-7-13(21)2/h5-6,8,13-14H,3-4,7,9-11H2,1-2H3,(H,19,22)/t13-/m0/s1. The molecule has 0 spiro atoms. The van der Waals surface area contributed by atoms with Crippen molar-refractivity contribution in [2.24, 2.45) is 0 Å². The summed E-state index contributed by atoms with van der Waals surface area (Å²) in [6.45, 7) is 7.06. The lowest BCUT2D eigenvalue weighted by Crippen LogP contribution is -2.64. The molecule has 0 bridgehead atoms. The van der Waals surface area contributed by atoms with E-state index in [0.29, 0.717) is 17.1 Å². The molecule has 2 aliphatic heterocycles. The van der Waals surface area contributed by atoms with Crippen molar-refractivity contribution < 1.29 is 4.79 Å². The normalized spacial score (nSPS) is 23.2. The molecule has 0 radical (unpaired) electrons. The molecule has 0 unspecified atom stereocenters. The minimum atomic E-state index is -0.0443. The molecule has 0 aromatic heterocycles. The van der Waals surface area contributed by atoms with Crippen LogP contribution in [0.5, 0.6) is 0 Å². The van der Waals surface area contributed by atoms with Crippen LogP contribution in [0, 0.1) is 6.92 Å². The third-order valence-corrected chi connectivity index (χ3v) is 5.24. The topological polar surface area (TPSA) is 35.6 Å². The Morgan fingerprint density at radius 1 is 1.32 bits per heavy atom. The second-order valence-electron chi connectivity index (χ2n) is 6.50. The number of amides is 2. The van der Waals surface area contributed by atoms with E-state index in [1.165, 1.54) is 25.8 Å². The van der Waals surface area contributed by atoms with Crippen molar-refractivity contribution in [1.29, 1.82) is 0 Å². The van der Waals surface area contributed by atoms with E-state index in [2.05, 4.69) is 17.1 Å². The Morgan fingerprint density at radius 2 is 2.09 bits per heavy atom. The average Bonchev–Trinajstić information content (AvgIpc) is 2.43. The molecule has 1 atom stereocenters. The van der Waals surface area contributed by atoms with Crippen LogP contribution in [-0.2, 0) is 0 Å². The van der Waals surface area contributed by atoms with Gasteiger partial charge < -0.3 is 10.2 Å². The summed E-state index contributed by atoms with van der Waals surface area (Å²) in [5, 5.41) is 3.54. The van der Waals surface area contributed by atoms with Crippen LogP contribution in [0.4, 0.5) is 10.5 Å². The Morgan fingerprint density at radius 3 is 2.77 bits per heavy atom. The first-order valence-electron chi connectivity index (χ1n) is 8.13. The highest BCUT2D eigenvalue weighted by Crippen LogP contribution is 2.28. The molecule has 4 nitrogen and oxygen atoms in total. The van der Waals surface area contributed by atoms with Gasteiger partial charge in [-0.3, -0.25) is 4.90 Å². The molecule has 1 aromatic carbocycles. The number of urea groups is 1. The third-order valence-electron chi connectivity index (χ3n) is 4.93. The summed E-state index contributed by atoms with van der Waals surface area (Å²) in [5.74, 6) is 0. The van der Waals surface area contributed by atoms with Gasteiger partial charge in [-0.25, -0.2) is 4.79 Å². The quantitative estimate of drug-likeness (QED) is 0.900. The van der Waals surface area contributed by atoms with Crippen LogP contribution in [-0.4, -0.2) is 47.5 Å². The van der Waals surface area contributed by atoms with Gasteiger partial charge in [0.15, 0.2) is 0 Å². The first kappa shape index (κ1) is 15.6. The second-order valence-corrected chi connectivity index (χ2v) is 6.91. The summed E-state index contributed by atoms with van der Waals surface area (Å²) in [6, 6.07) is 6.78. The average molecular weight is 322 g/mol. The molecule has 0 aliphatic carbocycles. The maximum absolute atomic E-state index is 12.3. The zero-order valence-electron chi connectivity index (χ0n) is 13.3. The van der Waals surface area contributed by atoms with Gasteiger partial charge in [0.2, 0.25) is 0 Å². The number of carbonyl (C=O) groups is 1. The molecule has 1 N–H and O–H groups in total. The van der Waals surface area contributed by atoms with Crippen LogP contribution in [0.1, 0.15) is 31.7 Å². The van der Waals surface area contributed by atoms with Gasteiger partial charge in [0.25, 0.3) is 0 Å². The van der Waals surface area contributed by atoms with Crippen molar-refractivity contribution in [2.75, 3.05) is 25.0 Å². The van der Waals surface area contributed by atoms with Crippen LogP contribution < -0.4 is 5.32 Å². The number of nitrogens with one attached hydrogen (secondary N) is 1. The molecular weight excluding hydrogens is 298 g/mol. The Balaban J connectivity index is 1.55. The summed E-state index contributed by atoms with van der Waals surface area (Å²) in [5.41, 5.74) is 1.71. The number of likely N-dealkylation sites (tertiary alicyclic amines) is 2. The molecule has 0 saturated carbocycles. The molecule has 2 amide bonds. The highest BCUT2D eigenvalue weighted by molar-refractivity contribution is 6.33. The molecule has 3 rings (SSSR count). The van der Waals surface area contributed by atoms with Crippen molar-refractivity contribution in [1.82, 2.24) is 9.80 Å². The van der Waals surface area contributed by atoms with E-state index in [-0.39, 0.29) is 6.03 Å². The molecule has 2 aliphatic rings. The van der Waals surface area contributed by atoms with Gasteiger partial charge in [-0.1, -0.05) is 30.2 Å². The number of rotatable bonds is 2. The molecule has 1 aromatic rings. The van der Waals surface area contributed by atoms with Gasteiger partial charge in [0, 0.05) is 25.2 Å². The predicted molar refractivity (Wildman–Crippen MR) is 90.6 cm³/mol. The first-order chi connectivity index (χ1) is 10.6. The van der Waals surface area contributed by atoms with Crippen LogP contribution in [0.15, 0.2) is 18.2 Å². The smallest absolute Gasteiger partial charge is 0.321 e. The first-order valence-corrected chi connectivity index (χ1v) is 8.51. The van der Waals surface area contributed by atoms with Gasteiger partial charge in [0.05, 0.1) is 10.7 Å². The molecule has 120 valence electrons. The van der Waals surface area contributed by atoms with Crippen molar-refractivity contribution in [3.63, 3.8) is 0 Å². The molecule has 5 heteroatoms. The number of para-hydroxylation sites is 1. The Kier molecular flexibility index (Phi) is 4.59. The van der Waals surface area contributed by atoms with Crippen LogP contribution in [0.25, 0.3) is 0 Å². The number of hydrogen-bond donors (Lipinski definition) is 1. The minimum Gasteiger partial charge on any atom is -0.321 e. The predicted octanol–water partition coefficient (Wildman–Crippen LogP) is 3.74. The van der Waals surface area contributed by atoms with Gasteiger partial charge in [0.1, 0.15) is 0 Å². The number of hydrogen-bond acceptors (Lipinski definition) is 2. The van der Waals surface area contributed by atoms with Crippen molar-refractivity contribution >= 4 is 23.3 Å².